The number of ether oxygens (including phenoxy) is 1. The zero-order valence-electron chi connectivity index (χ0n) is 14.8. The molecule has 0 aromatic heterocycles. The summed E-state index contributed by atoms with van der Waals surface area (Å²) in [7, 11) is 0. The van der Waals surface area contributed by atoms with Gasteiger partial charge in [0.25, 0.3) is 5.91 Å². The van der Waals surface area contributed by atoms with Crippen LogP contribution in [0.3, 0.4) is 0 Å². The van der Waals surface area contributed by atoms with E-state index >= 15 is 0 Å². The molecule has 0 aliphatic carbocycles. The SMILES string of the molecule is C[C@H](OC(=O)CN1C(=O)CSc2ccccc21)C(=O)Nc1cc(F)ccc1F. The first-order valence-electron chi connectivity index (χ1n) is 8.32. The van der Waals surface area contributed by atoms with Crippen LogP contribution in [-0.2, 0) is 19.1 Å². The first kappa shape index (κ1) is 19.8. The van der Waals surface area contributed by atoms with Gasteiger partial charge in [-0.15, -0.1) is 11.8 Å². The van der Waals surface area contributed by atoms with Gasteiger partial charge in [-0.3, -0.25) is 19.3 Å². The molecule has 0 saturated carbocycles. The third-order valence-corrected chi connectivity index (χ3v) is 5.01. The molecule has 2 amide bonds. The van der Waals surface area contributed by atoms with E-state index < -0.39 is 29.6 Å². The molecule has 0 spiro atoms. The lowest BCUT2D eigenvalue weighted by atomic mass is 10.2. The molecule has 2 aromatic carbocycles. The number of carbonyl (C=O) groups excluding carboxylic acids is 3. The van der Waals surface area contributed by atoms with Gasteiger partial charge in [0.15, 0.2) is 6.10 Å². The molecule has 0 radical (unpaired) electrons. The summed E-state index contributed by atoms with van der Waals surface area (Å²) >= 11 is 1.38. The molecule has 1 aliphatic rings. The molecule has 1 aliphatic heterocycles. The van der Waals surface area contributed by atoms with Crippen LogP contribution in [0.4, 0.5) is 20.2 Å². The van der Waals surface area contributed by atoms with Gasteiger partial charge in [0.05, 0.1) is 17.1 Å². The van der Waals surface area contributed by atoms with Crippen LogP contribution in [0, 0.1) is 11.6 Å². The molecular weight excluding hydrogens is 390 g/mol. The van der Waals surface area contributed by atoms with E-state index in [1.54, 1.807) is 12.1 Å². The van der Waals surface area contributed by atoms with E-state index in [9.17, 15) is 23.2 Å². The molecule has 0 fully saturated rings. The minimum Gasteiger partial charge on any atom is -0.451 e. The van der Waals surface area contributed by atoms with Gasteiger partial charge in [0.1, 0.15) is 18.2 Å². The van der Waals surface area contributed by atoms with Gasteiger partial charge < -0.3 is 10.1 Å². The fourth-order valence-electron chi connectivity index (χ4n) is 2.57. The minimum absolute atomic E-state index is 0.194. The van der Waals surface area contributed by atoms with Crippen LogP contribution in [-0.4, -0.2) is 36.2 Å². The van der Waals surface area contributed by atoms with E-state index in [1.165, 1.54) is 23.6 Å². The van der Waals surface area contributed by atoms with Crippen LogP contribution >= 0.6 is 11.8 Å². The monoisotopic (exact) mass is 406 g/mol. The average molecular weight is 406 g/mol. The number of nitrogens with zero attached hydrogens (tertiary/aromatic N) is 1. The van der Waals surface area contributed by atoms with Crippen molar-refractivity contribution in [3.63, 3.8) is 0 Å². The number of hydrogen-bond donors (Lipinski definition) is 1. The Morgan fingerprint density at radius 1 is 1.25 bits per heavy atom. The normalized spacial score (nSPS) is 14.2. The Bertz CT molecular complexity index is 938. The second kappa shape index (κ2) is 8.39. The Morgan fingerprint density at radius 3 is 2.79 bits per heavy atom. The number of rotatable bonds is 5. The Labute approximate surface area is 163 Å². The van der Waals surface area contributed by atoms with E-state index in [0.29, 0.717) is 5.69 Å². The third-order valence-electron chi connectivity index (χ3n) is 3.96. The first-order valence-corrected chi connectivity index (χ1v) is 9.31. The number of anilines is 2. The van der Waals surface area contributed by atoms with Crippen molar-refractivity contribution in [3.8, 4) is 0 Å². The molecule has 2 aromatic rings. The molecule has 146 valence electrons. The number of para-hydroxylation sites is 1. The lowest BCUT2D eigenvalue weighted by molar-refractivity contribution is -0.152. The number of halogens is 2. The van der Waals surface area contributed by atoms with Crippen LogP contribution in [0.25, 0.3) is 0 Å². The smallest absolute Gasteiger partial charge is 0.326 e. The Morgan fingerprint density at radius 2 is 2.00 bits per heavy atom. The summed E-state index contributed by atoms with van der Waals surface area (Å²) in [5.74, 6) is -3.21. The Hall–Kier alpha value is -2.94. The number of esters is 1. The summed E-state index contributed by atoms with van der Waals surface area (Å²) in [6.07, 6.45) is -1.26. The fourth-order valence-corrected chi connectivity index (χ4v) is 3.51. The summed E-state index contributed by atoms with van der Waals surface area (Å²) in [6.45, 7) is 0.939. The van der Waals surface area contributed by atoms with Crippen molar-refractivity contribution in [2.75, 3.05) is 22.5 Å². The molecule has 0 saturated heterocycles. The van der Waals surface area contributed by atoms with Crippen LogP contribution in [0.5, 0.6) is 0 Å². The molecule has 6 nitrogen and oxygen atoms in total. The number of hydrogen-bond acceptors (Lipinski definition) is 5. The standard InChI is InChI=1S/C19H16F2N2O4S/c1-11(19(26)22-14-8-12(20)6-7-13(14)21)27-18(25)9-23-15-4-2-3-5-16(15)28-10-17(23)24/h2-8,11H,9-10H2,1H3,(H,22,26)/t11-/m0/s1. The highest BCUT2D eigenvalue weighted by molar-refractivity contribution is 8.00. The summed E-state index contributed by atoms with van der Waals surface area (Å²) in [5.41, 5.74) is 0.240. The molecular formula is C19H16F2N2O4S. The van der Waals surface area contributed by atoms with Crippen LogP contribution in [0.2, 0.25) is 0 Å². The number of amides is 2. The Kier molecular flexibility index (Phi) is 5.93. The zero-order chi connectivity index (χ0) is 20.3. The van der Waals surface area contributed by atoms with Gasteiger partial charge in [-0.05, 0) is 31.2 Å². The maximum Gasteiger partial charge on any atom is 0.326 e. The van der Waals surface area contributed by atoms with Gasteiger partial charge in [0, 0.05) is 11.0 Å². The van der Waals surface area contributed by atoms with E-state index in [1.807, 2.05) is 12.1 Å². The minimum atomic E-state index is -1.26. The van der Waals surface area contributed by atoms with Gasteiger partial charge in [-0.2, -0.15) is 0 Å². The second-order valence-corrected chi connectivity index (χ2v) is 7.00. The number of fused-ring (bicyclic) bond motifs is 1. The van der Waals surface area contributed by atoms with Crippen LogP contribution in [0.1, 0.15) is 6.92 Å². The van der Waals surface area contributed by atoms with E-state index in [2.05, 4.69) is 5.32 Å². The van der Waals surface area contributed by atoms with Crippen molar-refractivity contribution in [3.05, 3.63) is 54.1 Å². The Balaban J connectivity index is 1.62. The number of thioether (sulfide) groups is 1. The first-order chi connectivity index (χ1) is 13.3. The van der Waals surface area contributed by atoms with Gasteiger partial charge in [0.2, 0.25) is 5.91 Å². The van der Waals surface area contributed by atoms with Crippen LogP contribution in [0.15, 0.2) is 47.4 Å². The second-order valence-electron chi connectivity index (χ2n) is 5.98. The van der Waals surface area contributed by atoms with Crippen molar-refractivity contribution in [1.82, 2.24) is 0 Å². The molecule has 3 rings (SSSR count). The van der Waals surface area contributed by atoms with Crippen LogP contribution < -0.4 is 10.2 Å². The number of nitrogens with one attached hydrogen (secondary N) is 1. The lowest BCUT2D eigenvalue weighted by Gasteiger charge is -2.28. The summed E-state index contributed by atoms with van der Waals surface area (Å²) < 4.78 is 31.9. The zero-order valence-corrected chi connectivity index (χ0v) is 15.6. The molecule has 28 heavy (non-hydrogen) atoms. The van der Waals surface area contributed by atoms with Gasteiger partial charge in [-0.1, -0.05) is 12.1 Å². The maximum atomic E-state index is 13.6. The molecule has 0 bridgehead atoms. The largest absolute Gasteiger partial charge is 0.451 e. The van der Waals surface area contributed by atoms with E-state index in [-0.39, 0.29) is 23.9 Å². The molecule has 1 heterocycles. The number of carbonyl (C=O) groups is 3. The van der Waals surface area contributed by atoms with Crippen molar-refractivity contribution in [2.24, 2.45) is 0 Å². The highest BCUT2D eigenvalue weighted by atomic mass is 32.2. The highest BCUT2D eigenvalue weighted by Gasteiger charge is 2.28. The third kappa shape index (κ3) is 4.48. The van der Waals surface area contributed by atoms with Crippen molar-refractivity contribution in [2.45, 2.75) is 17.9 Å². The number of benzene rings is 2. The molecule has 1 N–H and O–H groups in total. The van der Waals surface area contributed by atoms with E-state index in [4.69, 9.17) is 4.74 Å². The van der Waals surface area contributed by atoms with Crippen molar-refractivity contribution in [1.29, 1.82) is 0 Å². The molecule has 1 atom stereocenters. The predicted molar refractivity (Wildman–Crippen MR) is 100 cm³/mol. The fraction of sp³-hybridized carbons (Fsp3) is 0.211. The average Bonchev–Trinajstić information content (AvgIpc) is 2.67. The van der Waals surface area contributed by atoms with Crippen molar-refractivity contribution < 1.29 is 27.9 Å². The predicted octanol–water partition coefficient (Wildman–Crippen LogP) is 2.97. The van der Waals surface area contributed by atoms with E-state index in [0.717, 1.165) is 23.1 Å². The van der Waals surface area contributed by atoms with Crippen molar-refractivity contribution >= 4 is 40.9 Å². The summed E-state index contributed by atoms with van der Waals surface area (Å²) in [5, 5.41) is 2.17. The van der Waals surface area contributed by atoms with Gasteiger partial charge >= 0.3 is 5.97 Å². The quantitative estimate of drug-likeness (QED) is 0.773. The topological polar surface area (TPSA) is 75.7 Å². The molecule has 9 heteroatoms. The maximum absolute atomic E-state index is 13.6. The summed E-state index contributed by atoms with van der Waals surface area (Å²) in [4.78, 5) is 38.6. The highest BCUT2D eigenvalue weighted by Crippen LogP contribution is 2.34. The lowest BCUT2D eigenvalue weighted by Crippen LogP contribution is -2.41. The summed E-state index contributed by atoms with van der Waals surface area (Å²) in [6, 6.07) is 9.75. The van der Waals surface area contributed by atoms with Gasteiger partial charge in [-0.25, -0.2) is 8.78 Å². The molecule has 0 unspecified atom stereocenters.